The molecule has 2 aliphatic rings. The van der Waals surface area contributed by atoms with Crippen molar-refractivity contribution in [3.8, 4) is 0 Å². The number of allylic oxidation sites excluding steroid dienone is 1. The third-order valence-electron chi connectivity index (χ3n) is 6.91. The normalized spacial score (nSPS) is 22.1. The van der Waals surface area contributed by atoms with E-state index in [1.165, 1.54) is 6.08 Å². The molecule has 0 bridgehead atoms. The molecule has 0 spiro atoms. The number of piperidine rings is 1. The Kier molecular flexibility index (Phi) is 7.38. The lowest BCUT2D eigenvalue weighted by Gasteiger charge is -2.33. The number of amides is 1. The maximum absolute atomic E-state index is 14.7. The number of nitrogens with zero attached hydrogens (tertiary/aromatic N) is 2. The zero-order chi connectivity index (χ0) is 26.1. The average Bonchev–Trinajstić information content (AvgIpc) is 3.64. The summed E-state index contributed by atoms with van der Waals surface area (Å²) >= 11 is 0. The molecule has 2 aromatic rings. The van der Waals surface area contributed by atoms with Crippen molar-refractivity contribution in [3.63, 3.8) is 0 Å². The summed E-state index contributed by atoms with van der Waals surface area (Å²) in [4.78, 5) is 18.3. The molecule has 1 amide bonds. The number of nitrogens with one attached hydrogen (secondary N) is 2. The minimum absolute atomic E-state index is 0.134. The third-order valence-corrected chi connectivity index (χ3v) is 6.91. The largest absolute Gasteiger partial charge is 0.417 e. The van der Waals surface area contributed by atoms with Crippen LogP contribution in [0, 0.1) is 5.41 Å². The van der Waals surface area contributed by atoms with Gasteiger partial charge in [-0.3, -0.25) is 4.79 Å². The van der Waals surface area contributed by atoms with Crippen molar-refractivity contribution in [2.75, 3.05) is 38.6 Å². The Morgan fingerprint density at radius 1 is 1.33 bits per heavy atom. The fourth-order valence-corrected chi connectivity index (χ4v) is 4.42. The first-order valence-corrected chi connectivity index (χ1v) is 11.9. The fourth-order valence-electron chi connectivity index (χ4n) is 4.42. The van der Waals surface area contributed by atoms with Gasteiger partial charge in [0.2, 0.25) is 5.91 Å². The number of fused-ring (bicyclic) bond motifs is 1. The molecule has 1 aromatic heterocycles. The van der Waals surface area contributed by atoms with E-state index in [1.807, 2.05) is 11.9 Å². The molecular weight excluding hydrogens is 476 g/mol. The van der Waals surface area contributed by atoms with E-state index in [2.05, 4.69) is 22.2 Å². The molecule has 10 heteroatoms. The molecule has 3 N–H and O–H groups in total. The molecule has 6 nitrogen and oxygen atoms in total. The standard InChI is InChI=1S/C26H30F4N4O2/c1-16(26(28,29)30)23-18-6-3-7-21(33-22-8-12-34(2)14-20(22)27)19(18)13-17(32-23)5-4-11-31-24(36)25(15-35)9-10-25/h3-7,13,20,22,33,35H,1,8-12,14-15H2,2H3,(H,31,36)/b5-4+/t20-,22+/m0/s1. The average molecular weight is 507 g/mol. The highest BCUT2D eigenvalue weighted by Gasteiger charge is 2.49. The van der Waals surface area contributed by atoms with Gasteiger partial charge in [0.25, 0.3) is 0 Å². The number of carbonyl (C=O) groups is 1. The number of hydrogen-bond donors (Lipinski definition) is 3. The van der Waals surface area contributed by atoms with Crippen molar-refractivity contribution in [2.24, 2.45) is 5.41 Å². The van der Waals surface area contributed by atoms with Gasteiger partial charge in [0.05, 0.1) is 35.0 Å². The Labute approximate surface area is 207 Å². The maximum atomic E-state index is 14.7. The van der Waals surface area contributed by atoms with Crippen LogP contribution in [0.5, 0.6) is 0 Å². The van der Waals surface area contributed by atoms with E-state index in [0.717, 1.165) is 0 Å². The summed E-state index contributed by atoms with van der Waals surface area (Å²) < 4.78 is 55.5. The monoisotopic (exact) mass is 506 g/mol. The van der Waals surface area contributed by atoms with Crippen molar-refractivity contribution in [2.45, 2.75) is 37.7 Å². The number of alkyl halides is 4. The lowest BCUT2D eigenvalue weighted by molar-refractivity contribution is -0.127. The van der Waals surface area contributed by atoms with Gasteiger partial charge in [0.15, 0.2) is 0 Å². The topological polar surface area (TPSA) is 77.5 Å². The molecule has 0 radical (unpaired) electrons. The van der Waals surface area contributed by atoms with Crippen LogP contribution in [-0.4, -0.2) is 72.6 Å². The van der Waals surface area contributed by atoms with Crippen LogP contribution in [0.4, 0.5) is 23.2 Å². The van der Waals surface area contributed by atoms with Crippen LogP contribution in [0.25, 0.3) is 22.4 Å². The first kappa shape index (κ1) is 26.1. The zero-order valence-electron chi connectivity index (χ0n) is 20.0. The Hall–Kier alpha value is -2.98. The van der Waals surface area contributed by atoms with Crippen LogP contribution in [0.3, 0.4) is 0 Å². The number of aromatic nitrogens is 1. The van der Waals surface area contributed by atoms with Gasteiger partial charge in [-0.2, -0.15) is 13.2 Å². The summed E-state index contributed by atoms with van der Waals surface area (Å²) in [5, 5.41) is 16.0. The maximum Gasteiger partial charge on any atom is 0.417 e. The molecule has 2 heterocycles. The summed E-state index contributed by atoms with van der Waals surface area (Å²) in [6, 6.07) is 6.04. The highest BCUT2D eigenvalue weighted by atomic mass is 19.4. The number of aliphatic hydroxyl groups excluding tert-OH is 1. The summed E-state index contributed by atoms with van der Waals surface area (Å²) in [6.45, 7) is 4.14. The number of anilines is 1. The number of rotatable bonds is 8. The number of hydrogen-bond acceptors (Lipinski definition) is 5. The molecule has 1 aliphatic heterocycles. The minimum atomic E-state index is -4.68. The van der Waals surface area contributed by atoms with Crippen molar-refractivity contribution in [3.05, 3.63) is 48.3 Å². The van der Waals surface area contributed by atoms with E-state index in [1.54, 1.807) is 30.3 Å². The Morgan fingerprint density at radius 2 is 2.08 bits per heavy atom. The molecule has 1 aliphatic carbocycles. The first-order chi connectivity index (χ1) is 17.0. The van der Waals surface area contributed by atoms with Gasteiger partial charge >= 0.3 is 6.18 Å². The van der Waals surface area contributed by atoms with E-state index < -0.39 is 29.4 Å². The van der Waals surface area contributed by atoms with Gasteiger partial charge in [-0.15, -0.1) is 0 Å². The number of carbonyl (C=O) groups excluding carboxylic acids is 1. The Balaban J connectivity index is 1.64. The molecule has 1 aromatic carbocycles. The van der Waals surface area contributed by atoms with Crippen molar-refractivity contribution in [1.29, 1.82) is 0 Å². The molecule has 0 unspecified atom stereocenters. The predicted molar refractivity (Wildman–Crippen MR) is 132 cm³/mol. The highest BCUT2D eigenvalue weighted by molar-refractivity contribution is 6.00. The smallest absolute Gasteiger partial charge is 0.395 e. The first-order valence-electron chi connectivity index (χ1n) is 11.9. The van der Waals surface area contributed by atoms with Crippen LogP contribution < -0.4 is 10.6 Å². The second-order valence-electron chi connectivity index (χ2n) is 9.64. The number of benzene rings is 1. The van der Waals surface area contributed by atoms with Gasteiger partial charge < -0.3 is 20.6 Å². The van der Waals surface area contributed by atoms with Crippen LogP contribution in [0.15, 0.2) is 36.9 Å². The summed E-state index contributed by atoms with van der Waals surface area (Å²) in [5.74, 6) is -0.252. The van der Waals surface area contributed by atoms with Gasteiger partial charge in [-0.05, 0) is 44.5 Å². The molecule has 194 valence electrons. The van der Waals surface area contributed by atoms with E-state index in [0.29, 0.717) is 36.9 Å². The summed E-state index contributed by atoms with van der Waals surface area (Å²) in [7, 11) is 1.84. The van der Waals surface area contributed by atoms with Gasteiger partial charge in [0, 0.05) is 36.1 Å². The molecular formula is C26H30F4N4O2. The number of pyridine rings is 1. The van der Waals surface area contributed by atoms with Gasteiger partial charge in [0.1, 0.15) is 6.17 Å². The molecule has 2 atom stereocenters. The molecule has 4 rings (SSSR count). The van der Waals surface area contributed by atoms with Crippen LogP contribution >= 0.6 is 0 Å². The van der Waals surface area contributed by atoms with Crippen LogP contribution in [-0.2, 0) is 4.79 Å². The van der Waals surface area contributed by atoms with E-state index in [-0.39, 0.29) is 42.4 Å². The highest BCUT2D eigenvalue weighted by Crippen LogP contribution is 2.45. The quantitative estimate of drug-likeness (QED) is 0.469. The summed E-state index contributed by atoms with van der Waals surface area (Å²) in [5.41, 5.74) is -1.32. The summed E-state index contributed by atoms with van der Waals surface area (Å²) in [6.07, 6.45) is -0.881. The Bertz CT molecular complexity index is 1180. The lowest BCUT2D eigenvalue weighted by Crippen LogP contribution is -2.46. The zero-order valence-corrected chi connectivity index (χ0v) is 20.0. The second kappa shape index (κ2) is 10.2. The molecule has 1 saturated heterocycles. The Morgan fingerprint density at radius 3 is 2.72 bits per heavy atom. The molecule has 2 fully saturated rings. The SMILES string of the molecule is C=C(c1nc(/C=C/CNC(=O)C2(CO)CC2)cc2c(N[C@@H]3CCN(C)C[C@@H]3F)cccc12)C(F)(F)F. The lowest BCUT2D eigenvalue weighted by atomic mass is 9.99. The van der Waals surface area contributed by atoms with Crippen molar-refractivity contribution in [1.82, 2.24) is 15.2 Å². The van der Waals surface area contributed by atoms with E-state index >= 15 is 0 Å². The van der Waals surface area contributed by atoms with Crippen molar-refractivity contribution >= 4 is 34.0 Å². The van der Waals surface area contributed by atoms with Crippen molar-refractivity contribution < 1.29 is 27.5 Å². The number of aliphatic hydroxyl groups is 1. The van der Waals surface area contributed by atoms with Crippen LogP contribution in [0.1, 0.15) is 30.7 Å². The fraction of sp³-hybridized carbons (Fsp3) is 0.462. The second-order valence-corrected chi connectivity index (χ2v) is 9.64. The van der Waals surface area contributed by atoms with Gasteiger partial charge in [-0.25, -0.2) is 9.37 Å². The van der Waals surface area contributed by atoms with Crippen LogP contribution in [0.2, 0.25) is 0 Å². The molecule has 36 heavy (non-hydrogen) atoms. The van der Waals surface area contributed by atoms with E-state index in [4.69, 9.17) is 0 Å². The minimum Gasteiger partial charge on any atom is -0.395 e. The number of halogens is 4. The van der Waals surface area contributed by atoms with E-state index in [9.17, 15) is 27.5 Å². The number of likely N-dealkylation sites (tertiary alicyclic amines) is 1. The third kappa shape index (κ3) is 5.54. The molecule has 1 saturated carbocycles. The van der Waals surface area contributed by atoms with Gasteiger partial charge in [-0.1, -0.05) is 24.8 Å². The predicted octanol–water partition coefficient (Wildman–Crippen LogP) is 4.17.